The maximum atomic E-state index is 12.7. The molecule has 2 aliphatic rings. The second-order valence-electron chi connectivity index (χ2n) is 5.84. The quantitative estimate of drug-likeness (QED) is 0.860. The van der Waals surface area contributed by atoms with Gasteiger partial charge < -0.3 is 16.0 Å². The summed E-state index contributed by atoms with van der Waals surface area (Å²) in [5, 5.41) is 3.31. The zero-order chi connectivity index (χ0) is 14.8. The fourth-order valence-electron chi connectivity index (χ4n) is 3.32. The molecule has 0 bridgehead atoms. The predicted molar refractivity (Wildman–Crippen MR) is 80.7 cm³/mol. The molecule has 0 radical (unpaired) electrons. The molecule has 2 aliphatic heterocycles. The number of piperidine rings is 1. The molecule has 1 fully saturated rings. The predicted octanol–water partition coefficient (Wildman–Crippen LogP) is 1.28. The first-order valence-electron chi connectivity index (χ1n) is 7.61. The number of rotatable bonds is 2. The van der Waals surface area contributed by atoms with Crippen molar-refractivity contribution in [1.82, 2.24) is 4.90 Å². The fourth-order valence-corrected chi connectivity index (χ4v) is 3.32. The van der Waals surface area contributed by atoms with Crippen molar-refractivity contribution in [2.45, 2.75) is 44.2 Å². The van der Waals surface area contributed by atoms with Crippen molar-refractivity contribution in [3.8, 4) is 0 Å². The smallest absolute Gasteiger partial charge is 0.245 e. The number of primary amides is 1. The molecule has 5 heteroatoms. The number of carbonyl (C=O) groups excluding carboxylic acids is 2. The van der Waals surface area contributed by atoms with E-state index in [1.165, 1.54) is 5.56 Å². The Morgan fingerprint density at radius 1 is 1.19 bits per heavy atom. The van der Waals surface area contributed by atoms with E-state index in [2.05, 4.69) is 11.4 Å². The minimum absolute atomic E-state index is 0.00741. The molecule has 21 heavy (non-hydrogen) atoms. The molecule has 0 saturated carbocycles. The van der Waals surface area contributed by atoms with Crippen LogP contribution in [0.25, 0.3) is 0 Å². The third kappa shape index (κ3) is 2.73. The van der Waals surface area contributed by atoms with Gasteiger partial charge >= 0.3 is 0 Å². The summed E-state index contributed by atoms with van der Waals surface area (Å²) in [6.07, 6.45) is 4.23. The number of nitrogens with zero attached hydrogens (tertiary/aromatic N) is 1. The van der Waals surface area contributed by atoms with Crippen molar-refractivity contribution in [3.05, 3.63) is 29.8 Å². The lowest BCUT2D eigenvalue weighted by Gasteiger charge is -2.37. The Morgan fingerprint density at radius 3 is 2.81 bits per heavy atom. The van der Waals surface area contributed by atoms with Gasteiger partial charge in [-0.2, -0.15) is 0 Å². The first-order valence-corrected chi connectivity index (χ1v) is 7.61. The lowest BCUT2D eigenvalue weighted by molar-refractivity contribution is -0.141. The van der Waals surface area contributed by atoms with Gasteiger partial charge in [0.25, 0.3) is 0 Å². The van der Waals surface area contributed by atoms with Crippen LogP contribution in [0.1, 0.15) is 31.2 Å². The number of hydrogen-bond acceptors (Lipinski definition) is 3. The summed E-state index contributed by atoms with van der Waals surface area (Å²) in [4.78, 5) is 26.0. The van der Waals surface area contributed by atoms with E-state index < -0.39 is 6.04 Å². The van der Waals surface area contributed by atoms with Crippen molar-refractivity contribution in [2.24, 2.45) is 5.73 Å². The highest BCUT2D eigenvalue weighted by Crippen LogP contribution is 2.26. The maximum Gasteiger partial charge on any atom is 0.245 e. The molecule has 2 atom stereocenters. The van der Waals surface area contributed by atoms with E-state index in [1.54, 1.807) is 4.90 Å². The Kier molecular flexibility index (Phi) is 3.82. The lowest BCUT2D eigenvalue weighted by Crippen LogP contribution is -2.55. The second-order valence-corrected chi connectivity index (χ2v) is 5.84. The van der Waals surface area contributed by atoms with Crippen molar-refractivity contribution >= 4 is 17.5 Å². The molecule has 3 rings (SSSR count). The molecule has 1 aromatic rings. The number of para-hydroxylation sites is 1. The number of nitrogens with two attached hydrogens (primary N) is 1. The topological polar surface area (TPSA) is 75.4 Å². The molecule has 2 amide bonds. The van der Waals surface area contributed by atoms with Gasteiger partial charge in [0.2, 0.25) is 11.8 Å². The average Bonchev–Trinajstić information content (AvgIpc) is 2.53. The van der Waals surface area contributed by atoms with Gasteiger partial charge in [-0.15, -0.1) is 0 Å². The van der Waals surface area contributed by atoms with Crippen molar-refractivity contribution < 1.29 is 9.59 Å². The van der Waals surface area contributed by atoms with Crippen LogP contribution in [0.15, 0.2) is 24.3 Å². The number of likely N-dealkylation sites (tertiary alicyclic amines) is 1. The molecule has 112 valence electrons. The third-order valence-electron chi connectivity index (χ3n) is 4.46. The van der Waals surface area contributed by atoms with Crippen molar-refractivity contribution in [1.29, 1.82) is 0 Å². The minimum atomic E-state index is -0.440. The third-order valence-corrected chi connectivity index (χ3v) is 4.46. The molecule has 0 spiro atoms. The highest BCUT2D eigenvalue weighted by Gasteiger charge is 2.35. The van der Waals surface area contributed by atoms with Gasteiger partial charge in [0.15, 0.2) is 0 Å². The van der Waals surface area contributed by atoms with Gasteiger partial charge in [-0.05, 0) is 43.7 Å². The molecule has 1 aromatic carbocycles. The van der Waals surface area contributed by atoms with Crippen LogP contribution in [-0.4, -0.2) is 35.3 Å². The molecule has 0 aliphatic carbocycles. The second kappa shape index (κ2) is 5.76. The molecule has 5 nitrogen and oxygen atoms in total. The Morgan fingerprint density at radius 2 is 2.00 bits per heavy atom. The van der Waals surface area contributed by atoms with Crippen molar-refractivity contribution in [2.75, 3.05) is 11.9 Å². The Labute approximate surface area is 124 Å². The summed E-state index contributed by atoms with van der Waals surface area (Å²) in [5.74, 6) is -0.382. The van der Waals surface area contributed by atoms with Crippen LogP contribution in [0.5, 0.6) is 0 Å². The summed E-state index contributed by atoms with van der Waals surface area (Å²) in [7, 11) is 0. The largest absolute Gasteiger partial charge is 0.373 e. The highest BCUT2D eigenvalue weighted by atomic mass is 16.2. The molecular weight excluding hydrogens is 266 g/mol. The number of fused-ring (bicyclic) bond motifs is 1. The first-order chi connectivity index (χ1) is 10.2. The van der Waals surface area contributed by atoms with E-state index in [0.29, 0.717) is 13.0 Å². The number of amides is 2. The average molecular weight is 287 g/mol. The van der Waals surface area contributed by atoms with Crippen LogP contribution < -0.4 is 11.1 Å². The molecule has 2 unspecified atom stereocenters. The van der Waals surface area contributed by atoms with Crippen LogP contribution in [0.2, 0.25) is 0 Å². The van der Waals surface area contributed by atoms with E-state index in [9.17, 15) is 9.59 Å². The summed E-state index contributed by atoms with van der Waals surface area (Å²) in [5.41, 5.74) is 7.71. The number of anilines is 1. The number of benzene rings is 1. The van der Waals surface area contributed by atoms with Crippen LogP contribution in [-0.2, 0) is 16.0 Å². The van der Waals surface area contributed by atoms with Crippen LogP contribution in [0, 0.1) is 0 Å². The summed E-state index contributed by atoms with van der Waals surface area (Å²) < 4.78 is 0. The summed E-state index contributed by atoms with van der Waals surface area (Å²) >= 11 is 0. The Bertz CT molecular complexity index is 558. The van der Waals surface area contributed by atoms with E-state index in [4.69, 9.17) is 5.73 Å². The summed E-state index contributed by atoms with van der Waals surface area (Å²) in [6, 6.07) is 7.36. The van der Waals surface area contributed by atoms with Gasteiger partial charge in [-0.3, -0.25) is 9.59 Å². The van der Waals surface area contributed by atoms with Gasteiger partial charge in [0.1, 0.15) is 12.1 Å². The molecule has 3 N–H and O–H groups in total. The van der Waals surface area contributed by atoms with Gasteiger partial charge in [0, 0.05) is 12.2 Å². The maximum absolute atomic E-state index is 12.7. The summed E-state index contributed by atoms with van der Waals surface area (Å²) in [6.45, 7) is 0.631. The molecule has 2 heterocycles. The van der Waals surface area contributed by atoms with Gasteiger partial charge in [-0.1, -0.05) is 18.2 Å². The number of hydrogen-bond donors (Lipinski definition) is 2. The normalized spacial score (nSPS) is 24.9. The zero-order valence-corrected chi connectivity index (χ0v) is 12.0. The van der Waals surface area contributed by atoms with Crippen LogP contribution in [0.4, 0.5) is 5.69 Å². The number of carbonyl (C=O) groups is 2. The standard InChI is InChI=1S/C16H21N3O2/c17-15(20)14-7-3-4-10-19(14)16(21)13-9-8-11-5-1-2-6-12(11)18-13/h1-2,5-6,13-14,18H,3-4,7-10H2,(H2,17,20). The molecule has 0 aromatic heterocycles. The monoisotopic (exact) mass is 287 g/mol. The molecule has 1 saturated heterocycles. The van der Waals surface area contributed by atoms with Crippen LogP contribution in [0.3, 0.4) is 0 Å². The fraction of sp³-hybridized carbons (Fsp3) is 0.500. The lowest BCUT2D eigenvalue weighted by atomic mass is 9.95. The van der Waals surface area contributed by atoms with E-state index in [-0.39, 0.29) is 17.9 Å². The number of aryl methyl sites for hydroxylation is 1. The Balaban J connectivity index is 1.75. The van der Waals surface area contributed by atoms with Crippen LogP contribution >= 0.6 is 0 Å². The zero-order valence-electron chi connectivity index (χ0n) is 12.0. The highest BCUT2D eigenvalue weighted by molar-refractivity contribution is 5.91. The van der Waals surface area contributed by atoms with Gasteiger partial charge in [-0.25, -0.2) is 0 Å². The SMILES string of the molecule is NC(=O)C1CCCCN1C(=O)C1CCc2ccccc2N1. The van der Waals surface area contributed by atoms with E-state index in [1.807, 2.05) is 18.2 Å². The van der Waals surface area contributed by atoms with E-state index >= 15 is 0 Å². The van der Waals surface area contributed by atoms with E-state index in [0.717, 1.165) is 31.4 Å². The Hall–Kier alpha value is -2.04. The first kappa shape index (κ1) is 13.9. The minimum Gasteiger partial charge on any atom is -0.373 e. The number of nitrogens with one attached hydrogen (secondary N) is 1. The van der Waals surface area contributed by atoms with Gasteiger partial charge in [0.05, 0.1) is 0 Å². The molecular formula is C16H21N3O2. The van der Waals surface area contributed by atoms with Crippen molar-refractivity contribution in [3.63, 3.8) is 0 Å².